The molecule has 25 heavy (non-hydrogen) atoms. The van der Waals surface area contributed by atoms with Crippen molar-refractivity contribution in [1.82, 2.24) is 4.90 Å². The fraction of sp³-hybridized carbons (Fsp3) is 0.739. The van der Waals surface area contributed by atoms with Crippen LogP contribution in [0.15, 0.2) is 30.3 Å². The zero-order valence-electron chi connectivity index (χ0n) is 16.8. The van der Waals surface area contributed by atoms with Gasteiger partial charge in [-0.25, -0.2) is 0 Å². The minimum absolute atomic E-state index is 0. The van der Waals surface area contributed by atoms with E-state index in [0.717, 1.165) is 0 Å². The van der Waals surface area contributed by atoms with E-state index >= 15 is 0 Å². The van der Waals surface area contributed by atoms with Gasteiger partial charge >= 0.3 is 0 Å². The Morgan fingerprint density at radius 1 is 0.560 bits per heavy atom. The number of halogens is 1. The van der Waals surface area contributed by atoms with Gasteiger partial charge in [0.2, 0.25) is 0 Å². The molecule has 0 saturated heterocycles. The van der Waals surface area contributed by atoms with E-state index in [-0.39, 0.29) is 17.0 Å². The Kier molecular flexibility index (Phi) is 18.2. The molecule has 0 amide bonds. The van der Waals surface area contributed by atoms with Gasteiger partial charge in [0.15, 0.2) is 0 Å². The van der Waals surface area contributed by atoms with Crippen LogP contribution in [0.4, 0.5) is 0 Å². The standard InChI is InChI=1S/C23H41N.BrH/c1-24(2)22-18-13-11-9-7-5-3-4-6-8-10-12-15-19-23-20-16-14-17-21-23;/h14,16-17,20-21H,3-13,15,18-19,22H2,1-2H3;1H. The number of unbranched alkanes of at least 4 members (excludes halogenated alkanes) is 12. The van der Waals surface area contributed by atoms with Crippen LogP contribution in [0.1, 0.15) is 89.0 Å². The third-order valence-electron chi connectivity index (χ3n) is 4.91. The number of hydrogen-bond acceptors (Lipinski definition) is 1. The summed E-state index contributed by atoms with van der Waals surface area (Å²) in [6.07, 6.45) is 19.9. The van der Waals surface area contributed by atoms with Crippen molar-refractivity contribution in [3.63, 3.8) is 0 Å². The van der Waals surface area contributed by atoms with E-state index in [0.29, 0.717) is 0 Å². The molecule has 1 rings (SSSR count). The molecule has 0 radical (unpaired) electrons. The highest BCUT2D eigenvalue weighted by Crippen LogP contribution is 2.13. The topological polar surface area (TPSA) is 3.24 Å². The monoisotopic (exact) mass is 411 g/mol. The Bertz CT molecular complexity index is 364. The van der Waals surface area contributed by atoms with Gasteiger partial charge in [-0.15, -0.1) is 17.0 Å². The number of rotatable bonds is 16. The summed E-state index contributed by atoms with van der Waals surface area (Å²) >= 11 is 0. The summed E-state index contributed by atoms with van der Waals surface area (Å²) in [6.45, 7) is 1.26. The molecule has 2 heteroatoms. The van der Waals surface area contributed by atoms with E-state index in [2.05, 4.69) is 49.3 Å². The van der Waals surface area contributed by atoms with Crippen molar-refractivity contribution in [3.8, 4) is 0 Å². The molecule has 0 saturated carbocycles. The molecule has 0 aliphatic heterocycles. The van der Waals surface area contributed by atoms with Gasteiger partial charge in [0.25, 0.3) is 0 Å². The number of nitrogens with zero attached hydrogens (tertiary/aromatic N) is 1. The van der Waals surface area contributed by atoms with Gasteiger partial charge in [-0.1, -0.05) is 101 Å². The Morgan fingerprint density at radius 2 is 0.960 bits per heavy atom. The molecule has 146 valence electrons. The van der Waals surface area contributed by atoms with Crippen LogP contribution in [0.25, 0.3) is 0 Å². The molecule has 0 N–H and O–H groups in total. The molecule has 1 nitrogen and oxygen atoms in total. The quantitative estimate of drug-likeness (QED) is 0.255. The number of hydrogen-bond donors (Lipinski definition) is 0. The molecule has 0 unspecified atom stereocenters. The smallest absolute Gasteiger partial charge is 0.00248 e. The van der Waals surface area contributed by atoms with E-state index in [1.54, 1.807) is 0 Å². The first-order valence-electron chi connectivity index (χ1n) is 10.5. The molecule has 1 aromatic carbocycles. The third kappa shape index (κ3) is 16.9. The van der Waals surface area contributed by atoms with E-state index in [1.807, 2.05) is 0 Å². The van der Waals surface area contributed by atoms with Gasteiger partial charge < -0.3 is 4.90 Å². The SMILES string of the molecule is Br.CN(C)CCCCCCCCCCCCCCCc1ccccc1. The van der Waals surface area contributed by atoms with Gasteiger partial charge in [-0.05, 0) is 45.5 Å². The molecule has 0 atom stereocenters. The van der Waals surface area contributed by atoms with Crippen molar-refractivity contribution in [2.24, 2.45) is 0 Å². The molecule has 0 bridgehead atoms. The van der Waals surface area contributed by atoms with Crippen molar-refractivity contribution in [3.05, 3.63) is 35.9 Å². The zero-order chi connectivity index (χ0) is 17.3. The second-order valence-corrected chi connectivity index (χ2v) is 7.64. The maximum atomic E-state index is 2.29. The Morgan fingerprint density at radius 3 is 1.40 bits per heavy atom. The van der Waals surface area contributed by atoms with E-state index in [4.69, 9.17) is 0 Å². The van der Waals surface area contributed by atoms with Gasteiger partial charge in [0.1, 0.15) is 0 Å². The lowest BCUT2D eigenvalue weighted by Crippen LogP contribution is -2.12. The van der Waals surface area contributed by atoms with Crippen LogP contribution < -0.4 is 0 Å². The predicted molar refractivity (Wildman–Crippen MR) is 119 cm³/mol. The molecule has 0 fully saturated rings. The van der Waals surface area contributed by atoms with Crippen molar-refractivity contribution in [2.45, 2.75) is 89.9 Å². The van der Waals surface area contributed by atoms with Crippen LogP contribution >= 0.6 is 17.0 Å². The van der Waals surface area contributed by atoms with Crippen molar-refractivity contribution < 1.29 is 0 Å². The Labute approximate surface area is 168 Å². The largest absolute Gasteiger partial charge is 0.309 e. The first-order chi connectivity index (χ1) is 11.8. The van der Waals surface area contributed by atoms with E-state index in [9.17, 15) is 0 Å². The number of aryl methyl sites for hydroxylation is 1. The summed E-state index contributed by atoms with van der Waals surface area (Å²) < 4.78 is 0. The summed E-state index contributed by atoms with van der Waals surface area (Å²) in [5.74, 6) is 0. The highest BCUT2D eigenvalue weighted by atomic mass is 79.9. The highest BCUT2D eigenvalue weighted by molar-refractivity contribution is 8.93. The van der Waals surface area contributed by atoms with E-state index < -0.39 is 0 Å². The van der Waals surface area contributed by atoms with Crippen molar-refractivity contribution in [2.75, 3.05) is 20.6 Å². The lowest BCUT2D eigenvalue weighted by molar-refractivity contribution is 0.389. The number of benzene rings is 1. The molecule has 0 spiro atoms. The van der Waals surface area contributed by atoms with Crippen LogP contribution in [0, 0.1) is 0 Å². The Balaban J connectivity index is 0.00000576. The summed E-state index contributed by atoms with van der Waals surface area (Å²) in [4.78, 5) is 2.29. The van der Waals surface area contributed by atoms with Crippen LogP contribution in [-0.2, 0) is 6.42 Å². The summed E-state index contributed by atoms with van der Waals surface area (Å²) in [5, 5.41) is 0. The average Bonchev–Trinajstić information content (AvgIpc) is 2.59. The molecular weight excluding hydrogens is 370 g/mol. The van der Waals surface area contributed by atoms with Crippen molar-refractivity contribution >= 4 is 17.0 Å². The van der Waals surface area contributed by atoms with Crippen LogP contribution in [0.2, 0.25) is 0 Å². The lowest BCUT2D eigenvalue weighted by atomic mass is 10.0. The minimum atomic E-state index is 0. The molecular formula is C23H42BrN. The van der Waals surface area contributed by atoms with Gasteiger partial charge in [-0.3, -0.25) is 0 Å². The molecule has 0 aromatic heterocycles. The fourth-order valence-corrected chi connectivity index (χ4v) is 3.35. The maximum Gasteiger partial charge on any atom is -0.00248 e. The first-order valence-corrected chi connectivity index (χ1v) is 10.5. The predicted octanol–water partition coefficient (Wildman–Crippen LogP) is 7.44. The fourth-order valence-electron chi connectivity index (χ4n) is 3.35. The van der Waals surface area contributed by atoms with Crippen LogP contribution in [0.5, 0.6) is 0 Å². The molecule has 1 aromatic rings. The third-order valence-corrected chi connectivity index (χ3v) is 4.91. The maximum absolute atomic E-state index is 2.29. The van der Waals surface area contributed by atoms with Gasteiger partial charge in [0.05, 0.1) is 0 Å². The second-order valence-electron chi connectivity index (χ2n) is 7.64. The van der Waals surface area contributed by atoms with Gasteiger partial charge in [-0.2, -0.15) is 0 Å². The molecule has 0 aliphatic rings. The minimum Gasteiger partial charge on any atom is -0.309 e. The normalized spacial score (nSPS) is 10.8. The van der Waals surface area contributed by atoms with Gasteiger partial charge in [0, 0.05) is 0 Å². The highest BCUT2D eigenvalue weighted by Gasteiger charge is 1.96. The summed E-state index contributed by atoms with van der Waals surface area (Å²) in [5.41, 5.74) is 1.50. The lowest BCUT2D eigenvalue weighted by Gasteiger charge is -2.08. The second kappa shape index (κ2) is 18.5. The molecule has 0 heterocycles. The Hall–Kier alpha value is -0.340. The first kappa shape index (κ1) is 24.7. The molecule has 0 aliphatic carbocycles. The van der Waals surface area contributed by atoms with Crippen molar-refractivity contribution in [1.29, 1.82) is 0 Å². The van der Waals surface area contributed by atoms with Crippen LogP contribution in [-0.4, -0.2) is 25.5 Å². The zero-order valence-corrected chi connectivity index (χ0v) is 18.6. The van der Waals surface area contributed by atoms with E-state index in [1.165, 1.54) is 102 Å². The average molecular weight is 413 g/mol. The summed E-state index contributed by atoms with van der Waals surface area (Å²) in [7, 11) is 4.34. The summed E-state index contributed by atoms with van der Waals surface area (Å²) in [6, 6.07) is 10.9. The van der Waals surface area contributed by atoms with Crippen LogP contribution in [0.3, 0.4) is 0 Å².